The lowest BCUT2D eigenvalue weighted by Gasteiger charge is -2.35. The highest BCUT2D eigenvalue weighted by Gasteiger charge is 2.57. The van der Waals surface area contributed by atoms with Crippen molar-refractivity contribution in [1.29, 1.82) is 0 Å². The molecule has 0 aromatic rings. The summed E-state index contributed by atoms with van der Waals surface area (Å²) in [7, 11) is -5.90. The number of hydrogen-bond acceptors (Lipinski definition) is 8. The molecule has 1 aliphatic carbocycles. The molecule has 1 spiro atoms. The minimum Gasteiger partial charge on any atom is -0.461 e. The van der Waals surface area contributed by atoms with E-state index in [4.69, 9.17) is 18.8 Å². The van der Waals surface area contributed by atoms with Crippen molar-refractivity contribution in [1.82, 2.24) is 0 Å². The van der Waals surface area contributed by atoms with Crippen molar-refractivity contribution in [3.63, 3.8) is 0 Å². The average Bonchev–Trinajstić information content (AvgIpc) is 3.00. The lowest BCUT2D eigenvalue weighted by Crippen LogP contribution is -2.44. The molecule has 0 radical (unpaired) electrons. The molecular formula is C12H14F2O9S. The lowest BCUT2D eigenvalue weighted by atomic mass is 9.92. The maximum absolute atomic E-state index is 13.2. The first-order chi connectivity index (χ1) is 11.0. The number of ether oxygens (including phenoxy) is 4. The van der Waals surface area contributed by atoms with Gasteiger partial charge in [-0.2, -0.15) is 17.2 Å². The maximum Gasteiger partial charge on any atom is 0.465 e. The van der Waals surface area contributed by atoms with E-state index in [0.29, 0.717) is 0 Å². The quantitative estimate of drug-likeness (QED) is 0.538. The van der Waals surface area contributed by atoms with E-state index in [0.717, 1.165) is 0 Å². The van der Waals surface area contributed by atoms with E-state index < -0.39 is 51.4 Å². The highest BCUT2D eigenvalue weighted by Crippen LogP contribution is 2.43. The molecule has 12 heteroatoms. The summed E-state index contributed by atoms with van der Waals surface area (Å²) in [5, 5.41) is -5.02. The van der Waals surface area contributed by atoms with Gasteiger partial charge in [0.05, 0.1) is 0 Å². The van der Waals surface area contributed by atoms with Crippen LogP contribution < -0.4 is 0 Å². The Kier molecular flexibility index (Phi) is 4.06. The second-order valence-corrected chi connectivity index (χ2v) is 7.29. The fourth-order valence-electron chi connectivity index (χ4n) is 2.95. The fourth-order valence-corrected chi connectivity index (χ4v) is 3.21. The number of cyclic esters (lactones) is 1. The van der Waals surface area contributed by atoms with E-state index in [1.54, 1.807) is 0 Å². The van der Waals surface area contributed by atoms with Crippen molar-refractivity contribution in [2.24, 2.45) is 0 Å². The molecule has 0 amide bonds. The summed E-state index contributed by atoms with van der Waals surface area (Å²) in [5.74, 6) is -3.93. The Bertz CT molecular complexity index is 653. The molecule has 136 valence electrons. The van der Waals surface area contributed by atoms with Gasteiger partial charge in [0, 0.05) is 12.8 Å². The van der Waals surface area contributed by atoms with Crippen LogP contribution in [0.25, 0.3) is 0 Å². The number of esters is 2. The van der Waals surface area contributed by atoms with Crippen LogP contribution in [0.5, 0.6) is 0 Å². The molecule has 0 aromatic heterocycles. The zero-order valence-electron chi connectivity index (χ0n) is 12.1. The van der Waals surface area contributed by atoms with E-state index in [1.165, 1.54) is 0 Å². The summed E-state index contributed by atoms with van der Waals surface area (Å²) in [5.41, 5.74) is 0. The summed E-state index contributed by atoms with van der Waals surface area (Å²) in [6.45, 7) is 0.0737. The van der Waals surface area contributed by atoms with Crippen molar-refractivity contribution in [2.75, 3.05) is 6.61 Å². The minimum absolute atomic E-state index is 0.0712. The highest BCUT2D eigenvalue weighted by atomic mass is 32.2. The summed E-state index contributed by atoms with van der Waals surface area (Å²) in [6, 6.07) is 0. The van der Waals surface area contributed by atoms with Gasteiger partial charge in [-0.05, 0) is 12.8 Å². The van der Waals surface area contributed by atoms with Crippen molar-refractivity contribution in [3.8, 4) is 0 Å². The van der Waals surface area contributed by atoms with Gasteiger partial charge in [-0.1, -0.05) is 0 Å². The predicted molar refractivity (Wildman–Crippen MR) is 68.3 cm³/mol. The Morgan fingerprint density at radius 3 is 2.46 bits per heavy atom. The van der Waals surface area contributed by atoms with Gasteiger partial charge >= 0.3 is 27.3 Å². The summed E-state index contributed by atoms with van der Waals surface area (Å²) < 4.78 is 76.2. The molecular weight excluding hydrogens is 358 g/mol. The highest BCUT2D eigenvalue weighted by molar-refractivity contribution is 7.87. The van der Waals surface area contributed by atoms with Gasteiger partial charge in [0.1, 0.15) is 18.8 Å². The molecule has 24 heavy (non-hydrogen) atoms. The van der Waals surface area contributed by atoms with E-state index in [1.807, 2.05) is 0 Å². The van der Waals surface area contributed by atoms with E-state index in [2.05, 4.69) is 4.74 Å². The monoisotopic (exact) mass is 372 g/mol. The van der Waals surface area contributed by atoms with Gasteiger partial charge in [0.2, 0.25) is 0 Å². The van der Waals surface area contributed by atoms with Gasteiger partial charge in [0.15, 0.2) is 11.9 Å². The molecule has 3 fully saturated rings. The first kappa shape index (κ1) is 17.5. The average molecular weight is 372 g/mol. The fraction of sp³-hybridized carbons (Fsp3) is 0.833. The SMILES string of the molecule is O=C1OCC2OC3(CCC(OC(=O)C(F)(F)S(=O)(=O)O)CC3)OC12. The third-order valence-electron chi connectivity index (χ3n) is 4.20. The zero-order chi connectivity index (χ0) is 17.8. The molecule has 3 rings (SSSR count). The van der Waals surface area contributed by atoms with Crippen LogP contribution >= 0.6 is 0 Å². The molecule has 2 heterocycles. The van der Waals surface area contributed by atoms with E-state index in [-0.39, 0.29) is 32.3 Å². The number of carbonyl (C=O) groups excluding carboxylic acids is 2. The first-order valence-corrected chi connectivity index (χ1v) is 8.56. The number of carbonyl (C=O) groups is 2. The second-order valence-electron chi connectivity index (χ2n) is 5.83. The van der Waals surface area contributed by atoms with Crippen molar-refractivity contribution >= 4 is 22.1 Å². The minimum atomic E-state index is -5.90. The molecule has 2 unspecified atom stereocenters. The summed E-state index contributed by atoms with van der Waals surface area (Å²) in [4.78, 5) is 22.7. The molecule has 2 atom stereocenters. The van der Waals surface area contributed by atoms with Crippen LogP contribution in [0.15, 0.2) is 0 Å². The Morgan fingerprint density at radius 1 is 1.29 bits per heavy atom. The van der Waals surface area contributed by atoms with Crippen molar-refractivity contribution in [2.45, 2.75) is 55.0 Å². The van der Waals surface area contributed by atoms with Gasteiger partial charge in [-0.3, -0.25) is 4.55 Å². The maximum atomic E-state index is 13.2. The van der Waals surface area contributed by atoms with E-state index >= 15 is 0 Å². The number of fused-ring (bicyclic) bond motifs is 1. The van der Waals surface area contributed by atoms with Crippen LogP contribution in [0.3, 0.4) is 0 Å². The number of hydrogen-bond donors (Lipinski definition) is 1. The first-order valence-electron chi connectivity index (χ1n) is 7.12. The van der Waals surface area contributed by atoms with Gasteiger partial charge in [-0.25, -0.2) is 9.59 Å². The third kappa shape index (κ3) is 2.87. The smallest absolute Gasteiger partial charge is 0.461 e. The van der Waals surface area contributed by atoms with E-state index in [9.17, 15) is 26.8 Å². The molecule has 0 aromatic carbocycles. The molecule has 2 aliphatic heterocycles. The van der Waals surface area contributed by atoms with Gasteiger partial charge in [0.25, 0.3) is 0 Å². The normalized spacial score (nSPS) is 36.5. The molecule has 2 saturated heterocycles. The van der Waals surface area contributed by atoms with Crippen LogP contribution in [0.4, 0.5) is 8.78 Å². The zero-order valence-corrected chi connectivity index (χ0v) is 13.0. The van der Waals surface area contributed by atoms with Crippen LogP contribution in [-0.4, -0.2) is 60.9 Å². The topological polar surface area (TPSA) is 125 Å². The standard InChI is InChI=1S/C12H14F2O9S/c13-12(14,24(17,18)19)10(16)21-6-1-3-11(4-2-6)22-7-5-20-9(15)8(7)23-11/h6-8H,1-5H2,(H,17,18,19). The molecule has 3 aliphatic rings. The van der Waals surface area contributed by atoms with Crippen molar-refractivity contribution in [3.05, 3.63) is 0 Å². The second kappa shape index (κ2) is 5.58. The number of alkyl halides is 2. The van der Waals surface area contributed by atoms with Crippen LogP contribution in [0.2, 0.25) is 0 Å². The summed E-state index contributed by atoms with van der Waals surface area (Å²) >= 11 is 0. The van der Waals surface area contributed by atoms with Crippen LogP contribution in [0, 0.1) is 0 Å². The Labute approximate surface area is 134 Å². The largest absolute Gasteiger partial charge is 0.465 e. The lowest BCUT2D eigenvalue weighted by molar-refractivity contribution is -0.221. The molecule has 1 saturated carbocycles. The number of halogens is 2. The summed E-state index contributed by atoms with van der Waals surface area (Å²) in [6.07, 6.45) is -1.85. The van der Waals surface area contributed by atoms with Gasteiger partial charge < -0.3 is 18.9 Å². The Morgan fingerprint density at radius 2 is 1.92 bits per heavy atom. The third-order valence-corrected chi connectivity index (χ3v) is 5.01. The Balaban J connectivity index is 1.57. The molecule has 1 N–H and O–H groups in total. The number of rotatable bonds is 3. The molecule has 9 nitrogen and oxygen atoms in total. The van der Waals surface area contributed by atoms with Crippen molar-refractivity contribution < 1.29 is 50.3 Å². The molecule has 0 bridgehead atoms. The Hall–Kier alpha value is -1.37. The van der Waals surface area contributed by atoms with Crippen LogP contribution in [-0.2, 0) is 38.7 Å². The van der Waals surface area contributed by atoms with Gasteiger partial charge in [-0.15, -0.1) is 0 Å². The van der Waals surface area contributed by atoms with Crippen LogP contribution in [0.1, 0.15) is 25.7 Å². The predicted octanol–water partition coefficient (Wildman–Crippen LogP) is -0.0101.